The fourth-order valence-electron chi connectivity index (χ4n) is 1.52. The Morgan fingerprint density at radius 3 is 2.43 bits per heavy atom. The highest BCUT2D eigenvalue weighted by Gasteiger charge is 2.10. The predicted octanol–water partition coefficient (Wildman–Crippen LogP) is 2.93. The second-order valence-electron chi connectivity index (χ2n) is 3.05. The number of rotatable bonds is 1. The zero-order valence-electron chi connectivity index (χ0n) is 7.43. The van der Waals surface area contributed by atoms with Crippen LogP contribution in [0.4, 0.5) is 5.69 Å². The van der Waals surface area contributed by atoms with Gasteiger partial charge in [-0.25, -0.2) is 0 Å². The van der Waals surface area contributed by atoms with Crippen LogP contribution in [0.15, 0.2) is 36.4 Å². The third-order valence-corrected chi connectivity index (χ3v) is 2.19. The molecule has 0 aliphatic heterocycles. The molecule has 0 unspecified atom stereocenters. The number of hydrogen-bond donors (Lipinski definition) is 0. The van der Waals surface area contributed by atoms with Crippen molar-refractivity contribution >= 4 is 16.5 Å². The van der Waals surface area contributed by atoms with Gasteiger partial charge in [-0.2, -0.15) is 0 Å². The van der Waals surface area contributed by atoms with Crippen molar-refractivity contribution in [3.63, 3.8) is 0 Å². The molecule has 0 amide bonds. The Morgan fingerprint density at radius 2 is 1.71 bits per heavy atom. The summed E-state index contributed by atoms with van der Waals surface area (Å²) in [6, 6.07) is 10.4. The zero-order chi connectivity index (χ0) is 10.1. The maximum Gasteiger partial charge on any atom is 0.277 e. The second-order valence-corrected chi connectivity index (χ2v) is 3.05. The first-order chi connectivity index (χ1) is 6.70. The van der Waals surface area contributed by atoms with Gasteiger partial charge in [-0.05, 0) is 23.9 Å². The molecule has 0 aliphatic rings. The molecular formula is C11H8NO2. The van der Waals surface area contributed by atoms with Gasteiger partial charge in [0.25, 0.3) is 5.69 Å². The number of hydrogen-bond acceptors (Lipinski definition) is 2. The SMILES string of the molecule is [CH2]c1cccc2c([N+](=O)[O-])cccc12. The van der Waals surface area contributed by atoms with Gasteiger partial charge in [0.15, 0.2) is 0 Å². The van der Waals surface area contributed by atoms with Crippen LogP contribution in [0.3, 0.4) is 0 Å². The fraction of sp³-hybridized carbons (Fsp3) is 0. The van der Waals surface area contributed by atoms with Crippen LogP contribution >= 0.6 is 0 Å². The molecule has 0 bridgehead atoms. The number of benzene rings is 2. The van der Waals surface area contributed by atoms with Crippen molar-refractivity contribution in [2.75, 3.05) is 0 Å². The summed E-state index contributed by atoms with van der Waals surface area (Å²) >= 11 is 0. The van der Waals surface area contributed by atoms with Crippen molar-refractivity contribution in [3.8, 4) is 0 Å². The fourth-order valence-corrected chi connectivity index (χ4v) is 1.52. The van der Waals surface area contributed by atoms with Crippen LogP contribution in [0.5, 0.6) is 0 Å². The van der Waals surface area contributed by atoms with Gasteiger partial charge >= 0.3 is 0 Å². The lowest BCUT2D eigenvalue weighted by atomic mass is 10.0. The van der Waals surface area contributed by atoms with E-state index in [9.17, 15) is 10.1 Å². The third kappa shape index (κ3) is 1.23. The standard InChI is InChI=1S/C11H8NO2/c1-8-4-2-6-10-9(8)5-3-7-11(10)12(13)14/h2-7H,1H2. The van der Waals surface area contributed by atoms with Gasteiger partial charge in [-0.3, -0.25) is 10.1 Å². The van der Waals surface area contributed by atoms with Gasteiger partial charge in [-0.1, -0.05) is 24.3 Å². The highest BCUT2D eigenvalue weighted by atomic mass is 16.6. The van der Waals surface area contributed by atoms with Gasteiger partial charge in [0.05, 0.1) is 10.3 Å². The van der Waals surface area contributed by atoms with E-state index in [1.54, 1.807) is 18.2 Å². The Morgan fingerprint density at radius 1 is 1.07 bits per heavy atom. The summed E-state index contributed by atoms with van der Waals surface area (Å²) in [5.74, 6) is 0. The molecule has 69 valence electrons. The molecule has 0 fully saturated rings. The number of nitro benzene ring substituents is 1. The molecule has 0 saturated heterocycles. The Labute approximate surface area is 81.1 Å². The molecule has 0 N–H and O–H groups in total. The Bertz CT molecular complexity index is 506. The van der Waals surface area contributed by atoms with Crippen LogP contribution in [0.25, 0.3) is 10.8 Å². The average molecular weight is 186 g/mol. The van der Waals surface area contributed by atoms with E-state index in [1.165, 1.54) is 6.07 Å². The highest BCUT2D eigenvalue weighted by Crippen LogP contribution is 2.26. The van der Waals surface area contributed by atoms with Crippen LogP contribution in [0, 0.1) is 17.0 Å². The molecule has 14 heavy (non-hydrogen) atoms. The maximum absolute atomic E-state index is 10.7. The molecular weight excluding hydrogens is 178 g/mol. The minimum atomic E-state index is -0.373. The van der Waals surface area contributed by atoms with Crippen LogP contribution in [0.2, 0.25) is 0 Å². The third-order valence-electron chi connectivity index (χ3n) is 2.19. The normalized spacial score (nSPS) is 10.4. The molecule has 0 spiro atoms. The summed E-state index contributed by atoms with van der Waals surface area (Å²) in [7, 11) is 0. The lowest BCUT2D eigenvalue weighted by molar-refractivity contribution is -0.383. The van der Waals surface area contributed by atoms with Crippen molar-refractivity contribution in [3.05, 3.63) is 59.0 Å². The summed E-state index contributed by atoms with van der Waals surface area (Å²) in [6.07, 6.45) is 0. The van der Waals surface area contributed by atoms with Crippen molar-refractivity contribution in [2.24, 2.45) is 0 Å². The van der Waals surface area contributed by atoms with Crippen LogP contribution in [-0.4, -0.2) is 4.92 Å². The van der Waals surface area contributed by atoms with E-state index in [0.29, 0.717) is 5.39 Å². The van der Waals surface area contributed by atoms with Crippen LogP contribution in [0.1, 0.15) is 5.56 Å². The van der Waals surface area contributed by atoms with E-state index < -0.39 is 0 Å². The first kappa shape index (κ1) is 8.69. The topological polar surface area (TPSA) is 43.1 Å². The number of fused-ring (bicyclic) bond motifs is 1. The minimum Gasteiger partial charge on any atom is -0.258 e. The van der Waals surface area contributed by atoms with Gasteiger partial charge in [-0.15, -0.1) is 0 Å². The molecule has 2 rings (SSSR count). The molecule has 1 radical (unpaired) electrons. The lowest BCUT2D eigenvalue weighted by Crippen LogP contribution is -1.89. The molecule has 3 heteroatoms. The largest absolute Gasteiger partial charge is 0.277 e. The van der Waals surface area contributed by atoms with Gasteiger partial charge < -0.3 is 0 Å². The summed E-state index contributed by atoms with van der Waals surface area (Å²) < 4.78 is 0. The molecule has 0 heterocycles. The molecule has 0 saturated carbocycles. The smallest absolute Gasteiger partial charge is 0.258 e. The first-order valence-corrected chi connectivity index (χ1v) is 4.18. The van der Waals surface area contributed by atoms with Crippen molar-refractivity contribution < 1.29 is 4.92 Å². The highest BCUT2D eigenvalue weighted by molar-refractivity contribution is 5.93. The second kappa shape index (κ2) is 3.10. The minimum absolute atomic E-state index is 0.132. The van der Waals surface area contributed by atoms with E-state index in [2.05, 4.69) is 6.92 Å². The molecule has 0 atom stereocenters. The average Bonchev–Trinajstić information content (AvgIpc) is 2.17. The Kier molecular flexibility index (Phi) is 1.93. The lowest BCUT2D eigenvalue weighted by Gasteiger charge is -2.01. The molecule has 2 aromatic rings. The maximum atomic E-state index is 10.7. The molecule has 0 aromatic heterocycles. The summed E-state index contributed by atoms with van der Waals surface area (Å²) in [5, 5.41) is 12.2. The van der Waals surface area contributed by atoms with Crippen molar-refractivity contribution in [2.45, 2.75) is 0 Å². The monoisotopic (exact) mass is 186 g/mol. The van der Waals surface area contributed by atoms with E-state index in [1.807, 2.05) is 12.1 Å². The van der Waals surface area contributed by atoms with E-state index >= 15 is 0 Å². The molecule has 2 aromatic carbocycles. The number of nitrogens with zero attached hydrogens (tertiary/aromatic N) is 1. The Balaban J connectivity index is 2.88. The summed E-state index contributed by atoms with van der Waals surface area (Å²) in [5.41, 5.74) is 0.944. The van der Waals surface area contributed by atoms with E-state index in [0.717, 1.165) is 10.9 Å². The Hall–Kier alpha value is -1.90. The van der Waals surface area contributed by atoms with E-state index in [4.69, 9.17) is 0 Å². The van der Waals surface area contributed by atoms with Crippen molar-refractivity contribution in [1.29, 1.82) is 0 Å². The number of nitro groups is 1. The van der Waals surface area contributed by atoms with Crippen LogP contribution in [-0.2, 0) is 0 Å². The summed E-state index contributed by atoms with van der Waals surface area (Å²) in [4.78, 5) is 10.3. The first-order valence-electron chi connectivity index (χ1n) is 4.18. The summed E-state index contributed by atoms with van der Waals surface area (Å²) in [6.45, 7) is 3.83. The van der Waals surface area contributed by atoms with Crippen LogP contribution < -0.4 is 0 Å². The van der Waals surface area contributed by atoms with E-state index in [-0.39, 0.29) is 10.6 Å². The van der Waals surface area contributed by atoms with Gasteiger partial charge in [0, 0.05) is 6.07 Å². The molecule has 0 aliphatic carbocycles. The van der Waals surface area contributed by atoms with Crippen molar-refractivity contribution in [1.82, 2.24) is 0 Å². The quantitative estimate of drug-likeness (QED) is 0.507. The molecule has 3 nitrogen and oxygen atoms in total. The van der Waals surface area contributed by atoms with Gasteiger partial charge in [0.2, 0.25) is 0 Å². The predicted molar refractivity (Wildman–Crippen MR) is 55.1 cm³/mol. The number of non-ortho nitro benzene ring substituents is 1. The van der Waals surface area contributed by atoms with Gasteiger partial charge in [0.1, 0.15) is 0 Å². The zero-order valence-corrected chi connectivity index (χ0v) is 7.43.